The van der Waals surface area contributed by atoms with Gasteiger partial charge in [0.2, 0.25) is 6.10 Å². The van der Waals surface area contributed by atoms with Crippen LogP contribution in [0.2, 0.25) is 0 Å². The van der Waals surface area contributed by atoms with E-state index < -0.39 is 18.0 Å². The number of H-pyrrole nitrogens is 1. The van der Waals surface area contributed by atoms with E-state index in [-0.39, 0.29) is 5.69 Å². The zero-order valence-electron chi connectivity index (χ0n) is 12.0. The molecule has 6 heteroatoms. The number of hydrogen-bond acceptors (Lipinski definition) is 3. The van der Waals surface area contributed by atoms with E-state index >= 15 is 0 Å². The molecule has 3 N–H and O–H groups in total. The van der Waals surface area contributed by atoms with Crippen molar-refractivity contribution in [3.8, 4) is 0 Å². The maximum absolute atomic E-state index is 12.4. The second-order valence-corrected chi connectivity index (χ2v) is 5.75. The maximum Gasteiger partial charge on any atom is 0.357 e. The van der Waals surface area contributed by atoms with E-state index in [4.69, 9.17) is 10.5 Å². The summed E-state index contributed by atoms with van der Waals surface area (Å²) in [5.41, 5.74) is 6.94. The van der Waals surface area contributed by atoms with Crippen molar-refractivity contribution < 1.29 is 14.3 Å². The van der Waals surface area contributed by atoms with Crippen molar-refractivity contribution in [1.29, 1.82) is 0 Å². The molecular weight excluding hydrogens is 360 g/mol. The number of aromatic nitrogens is 1. The van der Waals surface area contributed by atoms with Crippen molar-refractivity contribution in [2.75, 3.05) is 0 Å². The molecule has 1 atom stereocenters. The number of nitrogens with one attached hydrogen (secondary N) is 1. The fraction of sp³-hybridized carbons (Fsp3) is 0.0588. The van der Waals surface area contributed by atoms with Crippen LogP contribution in [0, 0.1) is 0 Å². The molecule has 1 unspecified atom stereocenters. The number of carbonyl (C=O) groups excluding carboxylic acids is 2. The van der Waals surface area contributed by atoms with Gasteiger partial charge in [0.1, 0.15) is 5.69 Å². The standard InChI is InChI=1S/C17H13BrN2O3/c18-13-11-8-4-5-9-12(11)20-14(13)17(22)23-15(16(19)21)10-6-2-1-3-7-10/h1-9,15,20H,(H2,19,21). The summed E-state index contributed by atoms with van der Waals surface area (Å²) in [6.45, 7) is 0. The summed E-state index contributed by atoms with van der Waals surface area (Å²) >= 11 is 3.39. The Morgan fingerprint density at radius 3 is 2.35 bits per heavy atom. The quantitative estimate of drug-likeness (QED) is 0.688. The molecule has 3 aromatic rings. The third kappa shape index (κ3) is 2.98. The van der Waals surface area contributed by atoms with E-state index in [0.717, 1.165) is 10.9 Å². The Balaban J connectivity index is 1.92. The Bertz CT molecular complexity index is 874. The molecule has 0 fully saturated rings. The molecule has 0 saturated heterocycles. The predicted octanol–water partition coefficient (Wildman–Crippen LogP) is 3.31. The van der Waals surface area contributed by atoms with Gasteiger partial charge >= 0.3 is 5.97 Å². The highest BCUT2D eigenvalue weighted by Gasteiger charge is 2.25. The highest BCUT2D eigenvalue weighted by Crippen LogP contribution is 2.29. The van der Waals surface area contributed by atoms with Gasteiger partial charge in [-0.05, 0) is 22.0 Å². The van der Waals surface area contributed by atoms with Crippen molar-refractivity contribution in [3.63, 3.8) is 0 Å². The lowest BCUT2D eigenvalue weighted by molar-refractivity contribution is -0.127. The minimum absolute atomic E-state index is 0.244. The first kappa shape index (κ1) is 15.3. The predicted molar refractivity (Wildman–Crippen MR) is 89.8 cm³/mol. The number of rotatable bonds is 4. The molecule has 23 heavy (non-hydrogen) atoms. The first-order valence-corrected chi connectivity index (χ1v) is 7.68. The molecule has 0 radical (unpaired) electrons. The van der Waals surface area contributed by atoms with Crippen LogP contribution in [-0.4, -0.2) is 16.9 Å². The zero-order valence-corrected chi connectivity index (χ0v) is 13.5. The van der Waals surface area contributed by atoms with Crippen LogP contribution in [0.1, 0.15) is 22.2 Å². The number of halogens is 1. The Morgan fingerprint density at radius 1 is 1.04 bits per heavy atom. The van der Waals surface area contributed by atoms with Crippen LogP contribution >= 0.6 is 15.9 Å². The van der Waals surface area contributed by atoms with E-state index in [1.54, 1.807) is 30.3 Å². The van der Waals surface area contributed by atoms with Gasteiger partial charge in [-0.2, -0.15) is 0 Å². The van der Waals surface area contributed by atoms with Crippen molar-refractivity contribution in [3.05, 3.63) is 70.3 Å². The second kappa shape index (κ2) is 6.26. The van der Waals surface area contributed by atoms with Gasteiger partial charge in [0.25, 0.3) is 5.91 Å². The Morgan fingerprint density at radius 2 is 1.70 bits per heavy atom. The Labute approximate surface area is 140 Å². The first-order valence-electron chi connectivity index (χ1n) is 6.89. The summed E-state index contributed by atoms with van der Waals surface area (Å²) in [4.78, 5) is 27.1. The van der Waals surface area contributed by atoms with E-state index in [1.807, 2.05) is 24.3 Å². The SMILES string of the molecule is NC(=O)C(OC(=O)c1[nH]c2ccccc2c1Br)c1ccccc1. The van der Waals surface area contributed by atoms with Crippen LogP contribution in [0.5, 0.6) is 0 Å². The number of fused-ring (bicyclic) bond motifs is 1. The number of carbonyl (C=O) groups is 2. The number of benzene rings is 2. The van der Waals surface area contributed by atoms with Gasteiger partial charge in [0, 0.05) is 16.5 Å². The van der Waals surface area contributed by atoms with Gasteiger partial charge in [0.15, 0.2) is 0 Å². The summed E-state index contributed by atoms with van der Waals surface area (Å²) in [5.74, 6) is -1.38. The highest BCUT2D eigenvalue weighted by atomic mass is 79.9. The van der Waals surface area contributed by atoms with E-state index in [1.165, 1.54) is 0 Å². The molecule has 2 aromatic carbocycles. The average Bonchev–Trinajstić information content (AvgIpc) is 2.90. The zero-order chi connectivity index (χ0) is 16.4. The number of para-hydroxylation sites is 1. The van der Waals surface area contributed by atoms with Crippen LogP contribution in [0.3, 0.4) is 0 Å². The van der Waals surface area contributed by atoms with Crippen LogP contribution in [0.15, 0.2) is 59.1 Å². The number of amides is 1. The number of ether oxygens (including phenoxy) is 1. The molecule has 1 aromatic heterocycles. The molecule has 116 valence electrons. The lowest BCUT2D eigenvalue weighted by Crippen LogP contribution is -2.26. The van der Waals surface area contributed by atoms with Gasteiger partial charge in [0.05, 0.1) is 4.47 Å². The monoisotopic (exact) mass is 372 g/mol. The Hall–Kier alpha value is -2.60. The highest BCUT2D eigenvalue weighted by molar-refractivity contribution is 9.10. The normalized spacial score (nSPS) is 12.0. The summed E-state index contributed by atoms with van der Waals surface area (Å²) in [7, 11) is 0. The smallest absolute Gasteiger partial charge is 0.357 e. The van der Waals surface area contributed by atoms with Crippen molar-refractivity contribution >= 4 is 38.7 Å². The lowest BCUT2D eigenvalue weighted by Gasteiger charge is -2.14. The maximum atomic E-state index is 12.4. The van der Waals surface area contributed by atoms with Gasteiger partial charge in [-0.25, -0.2) is 4.79 Å². The van der Waals surface area contributed by atoms with Gasteiger partial charge in [-0.1, -0.05) is 48.5 Å². The number of esters is 1. The van der Waals surface area contributed by atoms with E-state index in [2.05, 4.69) is 20.9 Å². The van der Waals surface area contributed by atoms with E-state index in [9.17, 15) is 9.59 Å². The van der Waals surface area contributed by atoms with Crippen LogP contribution in [-0.2, 0) is 9.53 Å². The molecule has 0 saturated carbocycles. The third-order valence-electron chi connectivity index (χ3n) is 3.43. The number of aromatic amines is 1. The third-order valence-corrected chi connectivity index (χ3v) is 4.26. The largest absolute Gasteiger partial charge is 0.443 e. The molecule has 0 aliphatic rings. The summed E-state index contributed by atoms with van der Waals surface area (Å²) in [6, 6.07) is 16.1. The average molecular weight is 373 g/mol. The fourth-order valence-electron chi connectivity index (χ4n) is 2.33. The molecule has 0 bridgehead atoms. The number of nitrogens with two attached hydrogens (primary N) is 1. The number of primary amides is 1. The van der Waals surface area contributed by atoms with Crippen molar-refractivity contribution in [1.82, 2.24) is 4.98 Å². The summed E-state index contributed by atoms with van der Waals surface area (Å²) < 4.78 is 5.91. The van der Waals surface area contributed by atoms with Crippen LogP contribution < -0.4 is 5.73 Å². The Kier molecular flexibility index (Phi) is 4.16. The minimum Gasteiger partial charge on any atom is -0.443 e. The molecule has 0 aliphatic carbocycles. The minimum atomic E-state index is -1.14. The topological polar surface area (TPSA) is 85.2 Å². The van der Waals surface area contributed by atoms with E-state index in [0.29, 0.717) is 10.0 Å². The van der Waals surface area contributed by atoms with Gasteiger partial charge in [-0.3, -0.25) is 4.79 Å². The van der Waals surface area contributed by atoms with Crippen molar-refractivity contribution in [2.24, 2.45) is 5.73 Å². The number of hydrogen-bond donors (Lipinski definition) is 2. The molecular formula is C17H13BrN2O3. The molecule has 1 amide bonds. The molecule has 5 nitrogen and oxygen atoms in total. The molecule has 3 rings (SSSR count). The van der Waals surface area contributed by atoms with Crippen LogP contribution in [0.25, 0.3) is 10.9 Å². The molecule has 1 heterocycles. The van der Waals surface area contributed by atoms with Crippen molar-refractivity contribution in [2.45, 2.75) is 6.10 Å². The summed E-state index contributed by atoms with van der Waals surface area (Å²) in [5, 5.41) is 0.856. The summed E-state index contributed by atoms with van der Waals surface area (Å²) in [6.07, 6.45) is -1.14. The molecule has 0 spiro atoms. The lowest BCUT2D eigenvalue weighted by atomic mass is 10.1. The molecule has 0 aliphatic heterocycles. The first-order chi connectivity index (χ1) is 11.1. The van der Waals surface area contributed by atoms with Gasteiger partial charge in [-0.15, -0.1) is 0 Å². The fourth-order valence-corrected chi connectivity index (χ4v) is 2.94. The van der Waals surface area contributed by atoms with Crippen LogP contribution in [0.4, 0.5) is 0 Å². The van der Waals surface area contributed by atoms with Gasteiger partial charge < -0.3 is 15.5 Å². The second-order valence-electron chi connectivity index (χ2n) is 4.96.